The lowest BCUT2D eigenvalue weighted by Gasteiger charge is -2.08. The quantitative estimate of drug-likeness (QED) is 0.902. The molecule has 1 aromatic heterocycles. The van der Waals surface area contributed by atoms with E-state index < -0.39 is 0 Å². The highest BCUT2D eigenvalue weighted by Gasteiger charge is 2.07. The monoisotopic (exact) mass is 266 g/mol. The van der Waals surface area contributed by atoms with E-state index in [4.69, 9.17) is 5.73 Å². The molecule has 1 aromatic carbocycles. The van der Waals surface area contributed by atoms with E-state index in [1.807, 2.05) is 25.1 Å². The van der Waals surface area contributed by atoms with Gasteiger partial charge in [0.2, 0.25) is 0 Å². The lowest BCUT2D eigenvalue weighted by molar-refractivity contribution is 0.785. The summed E-state index contributed by atoms with van der Waals surface area (Å²) in [5.74, 6) is 0.764. The lowest BCUT2D eigenvalue weighted by atomic mass is 10.2. The van der Waals surface area contributed by atoms with Gasteiger partial charge in [-0.1, -0.05) is 15.9 Å². The highest BCUT2D eigenvalue weighted by molar-refractivity contribution is 9.10. The maximum absolute atomic E-state index is 5.58. The van der Waals surface area contributed by atoms with Crippen molar-refractivity contribution in [3.8, 4) is 5.69 Å². The van der Waals surface area contributed by atoms with Crippen LogP contribution < -0.4 is 5.73 Å². The molecule has 0 aliphatic rings. The Hall–Kier alpha value is -1.20. The van der Waals surface area contributed by atoms with Crippen LogP contribution in [0.15, 0.2) is 29.0 Å². The largest absolute Gasteiger partial charge is 0.324 e. The lowest BCUT2D eigenvalue weighted by Crippen LogP contribution is -2.09. The Kier molecular flexibility index (Phi) is 2.83. The zero-order chi connectivity index (χ0) is 10.8. The van der Waals surface area contributed by atoms with Gasteiger partial charge in [-0.05, 0) is 30.7 Å². The predicted molar refractivity (Wildman–Crippen MR) is 61.7 cm³/mol. The second-order valence-corrected chi connectivity index (χ2v) is 4.14. The van der Waals surface area contributed by atoms with Gasteiger partial charge in [-0.3, -0.25) is 0 Å². The number of rotatable bonds is 2. The van der Waals surface area contributed by atoms with Gasteiger partial charge in [0.05, 0.1) is 12.2 Å². The van der Waals surface area contributed by atoms with Crippen molar-refractivity contribution in [2.75, 3.05) is 0 Å². The van der Waals surface area contributed by atoms with Crippen LogP contribution in [0.1, 0.15) is 11.4 Å². The van der Waals surface area contributed by atoms with Gasteiger partial charge in [-0.2, -0.15) is 5.10 Å². The van der Waals surface area contributed by atoms with E-state index >= 15 is 0 Å². The first-order valence-electron chi connectivity index (χ1n) is 4.58. The molecule has 0 spiro atoms. The van der Waals surface area contributed by atoms with Gasteiger partial charge in [0, 0.05) is 4.47 Å². The molecule has 0 atom stereocenters. The van der Waals surface area contributed by atoms with Crippen molar-refractivity contribution >= 4 is 15.9 Å². The number of aryl methyl sites for hydroxylation is 1. The normalized spacial score (nSPS) is 10.6. The van der Waals surface area contributed by atoms with Crippen molar-refractivity contribution in [1.82, 2.24) is 14.8 Å². The summed E-state index contributed by atoms with van der Waals surface area (Å²) < 4.78 is 2.82. The van der Waals surface area contributed by atoms with E-state index in [2.05, 4.69) is 26.0 Å². The molecule has 78 valence electrons. The first-order valence-corrected chi connectivity index (χ1v) is 5.37. The molecule has 15 heavy (non-hydrogen) atoms. The minimum atomic E-state index is 0.384. The highest BCUT2D eigenvalue weighted by Crippen LogP contribution is 2.19. The fourth-order valence-electron chi connectivity index (χ4n) is 1.46. The molecule has 0 saturated heterocycles. The third-order valence-corrected chi connectivity index (χ3v) is 2.68. The van der Waals surface area contributed by atoms with E-state index in [1.165, 1.54) is 6.33 Å². The molecule has 2 rings (SSSR count). The van der Waals surface area contributed by atoms with Crippen LogP contribution in [-0.2, 0) is 6.54 Å². The Morgan fingerprint density at radius 2 is 2.27 bits per heavy atom. The van der Waals surface area contributed by atoms with Crippen LogP contribution in [0.4, 0.5) is 0 Å². The first kappa shape index (κ1) is 10.3. The number of nitrogens with two attached hydrogens (primary N) is 1. The molecule has 0 fully saturated rings. The van der Waals surface area contributed by atoms with Crippen molar-refractivity contribution in [2.45, 2.75) is 13.5 Å². The van der Waals surface area contributed by atoms with E-state index in [1.54, 1.807) is 4.68 Å². The van der Waals surface area contributed by atoms with Crippen molar-refractivity contribution < 1.29 is 0 Å². The Labute approximate surface area is 96.3 Å². The van der Waals surface area contributed by atoms with Gasteiger partial charge in [-0.15, -0.1) is 0 Å². The number of hydrogen-bond acceptors (Lipinski definition) is 3. The van der Waals surface area contributed by atoms with Gasteiger partial charge in [0.1, 0.15) is 12.2 Å². The molecule has 0 amide bonds. The summed E-state index contributed by atoms with van der Waals surface area (Å²) in [5, 5.41) is 4.16. The van der Waals surface area contributed by atoms with E-state index in [0.29, 0.717) is 6.54 Å². The molecular weight excluding hydrogens is 256 g/mol. The number of hydrogen-bond donors (Lipinski definition) is 1. The first-order chi connectivity index (χ1) is 7.22. The molecule has 0 unspecified atom stereocenters. The SMILES string of the molecule is Cc1cc(Br)ccc1-n1ncnc1CN. The minimum absolute atomic E-state index is 0.384. The molecular formula is C10H11BrN4. The molecule has 1 heterocycles. The maximum atomic E-state index is 5.58. The second kappa shape index (κ2) is 4.12. The van der Waals surface area contributed by atoms with Crippen molar-refractivity contribution in [3.63, 3.8) is 0 Å². The summed E-state index contributed by atoms with van der Waals surface area (Å²) in [7, 11) is 0. The molecule has 0 bridgehead atoms. The van der Waals surface area contributed by atoms with Crippen LogP contribution in [0.25, 0.3) is 5.69 Å². The van der Waals surface area contributed by atoms with Gasteiger partial charge >= 0.3 is 0 Å². The topological polar surface area (TPSA) is 56.7 Å². The molecule has 0 aliphatic heterocycles. The van der Waals surface area contributed by atoms with Gasteiger partial charge in [0.15, 0.2) is 0 Å². The van der Waals surface area contributed by atoms with Gasteiger partial charge in [-0.25, -0.2) is 9.67 Å². The van der Waals surface area contributed by atoms with E-state index in [0.717, 1.165) is 21.5 Å². The average molecular weight is 267 g/mol. The van der Waals surface area contributed by atoms with Crippen molar-refractivity contribution in [2.24, 2.45) is 5.73 Å². The summed E-state index contributed by atoms with van der Waals surface area (Å²) in [4.78, 5) is 4.09. The minimum Gasteiger partial charge on any atom is -0.324 e. The number of nitrogens with zero attached hydrogens (tertiary/aromatic N) is 3. The van der Waals surface area contributed by atoms with Gasteiger partial charge < -0.3 is 5.73 Å². The molecule has 2 aromatic rings. The van der Waals surface area contributed by atoms with Crippen LogP contribution in [-0.4, -0.2) is 14.8 Å². The fraction of sp³-hybridized carbons (Fsp3) is 0.200. The van der Waals surface area contributed by atoms with Crippen LogP contribution in [0.2, 0.25) is 0 Å². The molecule has 5 heteroatoms. The van der Waals surface area contributed by atoms with Crippen molar-refractivity contribution in [3.05, 3.63) is 40.4 Å². The summed E-state index contributed by atoms with van der Waals surface area (Å²) in [6.07, 6.45) is 1.52. The molecule has 0 aliphatic carbocycles. The van der Waals surface area contributed by atoms with E-state index in [-0.39, 0.29) is 0 Å². The molecule has 0 saturated carbocycles. The van der Waals surface area contributed by atoms with Crippen LogP contribution in [0.5, 0.6) is 0 Å². The third kappa shape index (κ3) is 1.93. The summed E-state index contributed by atoms with van der Waals surface area (Å²) >= 11 is 3.43. The standard InChI is InChI=1S/C10H11BrN4/c1-7-4-8(11)2-3-9(7)15-10(5-12)13-6-14-15/h2-4,6H,5,12H2,1H3. The van der Waals surface area contributed by atoms with E-state index in [9.17, 15) is 0 Å². The number of halogens is 1. The Bertz CT molecular complexity index is 478. The highest BCUT2D eigenvalue weighted by atomic mass is 79.9. The van der Waals surface area contributed by atoms with Crippen LogP contribution in [0.3, 0.4) is 0 Å². The number of benzene rings is 1. The van der Waals surface area contributed by atoms with Crippen molar-refractivity contribution in [1.29, 1.82) is 0 Å². The smallest absolute Gasteiger partial charge is 0.145 e. The average Bonchev–Trinajstić information content (AvgIpc) is 2.65. The fourth-order valence-corrected chi connectivity index (χ4v) is 1.94. The van der Waals surface area contributed by atoms with Gasteiger partial charge in [0.25, 0.3) is 0 Å². The Morgan fingerprint density at radius 3 is 2.93 bits per heavy atom. The molecule has 2 N–H and O–H groups in total. The molecule has 4 nitrogen and oxygen atoms in total. The maximum Gasteiger partial charge on any atom is 0.145 e. The predicted octanol–water partition coefficient (Wildman–Crippen LogP) is 1.80. The second-order valence-electron chi connectivity index (χ2n) is 3.22. The van der Waals surface area contributed by atoms with Crippen LogP contribution >= 0.6 is 15.9 Å². The third-order valence-electron chi connectivity index (χ3n) is 2.19. The Balaban J connectivity index is 2.54. The van der Waals surface area contributed by atoms with Crippen LogP contribution in [0, 0.1) is 6.92 Å². The molecule has 0 radical (unpaired) electrons. The summed E-state index contributed by atoms with van der Waals surface area (Å²) in [5.41, 5.74) is 7.72. The summed E-state index contributed by atoms with van der Waals surface area (Å²) in [6, 6.07) is 6.01. The summed E-state index contributed by atoms with van der Waals surface area (Å²) in [6.45, 7) is 2.41. The zero-order valence-corrected chi connectivity index (χ0v) is 9.90. The Morgan fingerprint density at radius 1 is 1.47 bits per heavy atom. The zero-order valence-electron chi connectivity index (χ0n) is 8.31. The number of aromatic nitrogens is 3.